The standard InChI is InChI=1S/C14H14N4S/c1-9-7-10(8-19-9)13(18-15)11-3-2-4-12-14(11)17-6-5-16-12/h2-8,13,18H,15H2,1H3. The first kappa shape index (κ1) is 12.2. The fourth-order valence-electron chi connectivity index (χ4n) is 2.23. The molecule has 3 aromatic rings. The lowest BCUT2D eigenvalue weighted by Gasteiger charge is -2.16. The van der Waals surface area contributed by atoms with Crippen LogP contribution in [0.25, 0.3) is 11.0 Å². The molecule has 0 fully saturated rings. The van der Waals surface area contributed by atoms with E-state index in [1.165, 1.54) is 4.88 Å². The van der Waals surface area contributed by atoms with E-state index >= 15 is 0 Å². The largest absolute Gasteiger partial charge is 0.271 e. The zero-order chi connectivity index (χ0) is 13.2. The third-order valence-electron chi connectivity index (χ3n) is 3.09. The van der Waals surface area contributed by atoms with Gasteiger partial charge in [0.2, 0.25) is 0 Å². The Labute approximate surface area is 115 Å². The molecule has 0 amide bonds. The Morgan fingerprint density at radius 3 is 2.84 bits per heavy atom. The Morgan fingerprint density at radius 1 is 1.26 bits per heavy atom. The molecule has 0 aliphatic rings. The Kier molecular flexibility index (Phi) is 3.25. The lowest BCUT2D eigenvalue weighted by atomic mass is 10.00. The van der Waals surface area contributed by atoms with Gasteiger partial charge >= 0.3 is 0 Å². The monoisotopic (exact) mass is 270 g/mol. The van der Waals surface area contributed by atoms with Crippen molar-refractivity contribution in [1.29, 1.82) is 0 Å². The summed E-state index contributed by atoms with van der Waals surface area (Å²) in [5.74, 6) is 5.74. The molecule has 0 spiro atoms. The van der Waals surface area contributed by atoms with E-state index in [9.17, 15) is 0 Å². The van der Waals surface area contributed by atoms with Gasteiger partial charge in [-0.05, 0) is 30.0 Å². The first-order valence-corrected chi connectivity index (χ1v) is 6.88. The zero-order valence-corrected chi connectivity index (χ0v) is 11.3. The van der Waals surface area contributed by atoms with E-state index in [0.29, 0.717) is 0 Å². The number of fused-ring (bicyclic) bond motifs is 1. The van der Waals surface area contributed by atoms with Crippen LogP contribution in [-0.2, 0) is 0 Å². The van der Waals surface area contributed by atoms with Gasteiger partial charge in [0.25, 0.3) is 0 Å². The predicted molar refractivity (Wildman–Crippen MR) is 77.8 cm³/mol. The van der Waals surface area contributed by atoms with Crippen molar-refractivity contribution >= 4 is 22.4 Å². The molecular formula is C14H14N4S. The Hall–Kier alpha value is -1.82. The van der Waals surface area contributed by atoms with Crippen LogP contribution < -0.4 is 11.3 Å². The molecule has 0 radical (unpaired) electrons. The van der Waals surface area contributed by atoms with E-state index < -0.39 is 0 Å². The van der Waals surface area contributed by atoms with Crippen LogP contribution in [0.5, 0.6) is 0 Å². The van der Waals surface area contributed by atoms with E-state index in [1.54, 1.807) is 23.7 Å². The highest BCUT2D eigenvalue weighted by molar-refractivity contribution is 7.10. The third-order valence-corrected chi connectivity index (χ3v) is 3.97. The van der Waals surface area contributed by atoms with Crippen molar-refractivity contribution in [2.75, 3.05) is 0 Å². The fraction of sp³-hybridized carbons (Fsp3) is 0.143. The van der Waals surface area contributed by atoms with Gasteiger partial charge in [-0.3, -0.25) is 15.8 Å². The van der Waals surface area contributed by atoms with Crippen LogP contribution in [0, 0.1) is 6.92 Å². The smallest absolute Gasteiger partial charge is 0.0938 e. The molecule has 96 valence electrons. The van der Waals surface area contributed by atoms with Gasteiger partial charge in [-0.1, -0.05) is 12.1 Å². The second-order valence-electron chi connectivity index (χ2n) is 4.36. The summed E-state index contributed by atoms with van der Waals surface area (Å²) < 4.78 is 0. The highest BCUT2D eigenvalue weighted by Crippen LogP contribution is 2.29. The summed E-state index contributed by atoms with van der Waals surface area (Å²) in [6.45, 7) is 2.09. The number of aromatic nitrogens is 2. The second kappa shape index (κ2) is 5.05. The van der Waals surface area contributed by atoms with Crippen LogP contribution in [0.1, 0.15) is 22.0 Å². The summed E-state index contributed by atoms with van der Waals surface area (Å²) in [6.07, 6.45) is 3.41. The number of rotatable bonds is 3. The molecule has 4 nitrogen and oxygen atoms in total. The number of aryl methyl sites for hydroxylation is 1. The normalized spacial score (nSPS) is 12.7. The number of nitrogens with two attached hydrogens (primary N) is 1. The van der Waals surface area contributed by atoms with Gasteiger partial charge < -0.3 is 0 Å². The minimum absolute atomic E-state index is 0.0645. The van der Waals surface area contributed by atoms with Crippen molar-refractivity contribution in [1.82, 2.24) is 15.4 Å². The van der Waals surface area contributed by atoms with E-state index in [-0.39, 0.29) is 6.04 Å². The van der Waals surface area contributed by atoms with Gasteiger partial charge in [-0.25, -0.2) is 5.43 Å². The summed E-state index contributed by atoms with van der Waals surface area (Å²) in [5.41, 5.74) is 6.85. The number of para-hydroxylation sites is 1. The Morgan fingerprint density at radius 2 is 2.11 bits per heavy atom. The molecule has 0 bridgehead atoms. The number of nitrogens with one attached hydrogen (secondary N) is 1. The summed E-state index contributed by atoms with van der Waals surface area (Å²) in [7, 11) is 0. The van der Waals surface area contributed by atoms with Crippen molar-refractivity contribution in [3.05, 3.63) is 58.0 Å². The fourth-order valence-corrected chi connectivity index (χ4v) is 2.96. The quantitative estimate of drug-likeness (QED) is 0.567. The number of hydrogen-bond donors (Lipinski definition) is 2. The van der Waals surface area contributed by atoms with Crippen LogP contribution >= 0.6 is 11.3 Å². The first-order valence-electron chi connectivity index (χ1n) is 6.00. The molecule has 19 heavy (non-hydrogen) atoms. The number of benzene rings is 1. The minimum Gasteiger partial charge on any atom is -0.271 e. The SMILES string of the molecule is Cc1cc(C(NN)c2cccc3nccnc23)cs1. The van der Waals surface area contributed by atoms with Crippen molar-refractivity contribution in [2.24, 2.45) is 5.84 Å². The van der Waals surface area contributed by atoms with Crippen molar-refractivity contribution < 1.29 is 0 Å². The van der Waals surface area contributed by atoms with E-state index in [2.05, 4.69) is 33.8 Å². The zero-order valence-electron chi connectivity index (χ0n) is 10.5. The summed E-state index contributed by atoms with van der Waals surface area (Å²) in [4.78, 5) is 10.0. The lowest BCUT2D eigenvalue weighted by Crippen LogP contribution is -2.28. The number of hydrazine groups is 1. The van der Waals surface area contributed by atoms with E-state index in [1.807, 2.05) is 18.2 Å². The maximum atomic E-state index is 5.74. The Bertz CT molecular complexity index is 702. The molecule has 1 atom stereocenters. The molecule has 3 N–H and O–H groups in total. The average molecular weight is 270 g/mol. The summed E-state index contributed by atoms with van der Waals surface area (Å²) in [6, 6.07) is 8.05. The molecule has 2 heterocycles. The molecular weight excluding hydrogens is 256 g/mol. The van der Waals surface area contributed by atoms with Crippen LogP contribution in [0.3, 0.4) is 0 Å². The second-order valence-corrected chi connectivity index (χ2v) is 5.48. The average Bonchev–Trinajstić information content (AvgIpc) is 2.86. The van der Waals surface area contributed by atoms with Gasteiger partial charge in [-0.2, -0.15) is 0 Å². The van der Waals surface area contributed by atoms with Crippen molar-refractivity contribution in [2.45, 2.75) is 13.0 Å². The van der Waals surface area contributed by atoms with E-state index in [4.69, 9.17) is 5.84 Å². The van der Waals surface area contributed by atoms with Gasteiger partial charge in [-0.15, -0.1) is 11.3 Å². The number of hydrogen-bond acceptors (Lipinski definition) is 5. The van der Waals surface area contributed by atoms with Crippen molar-refractivity contribution in [3.63, 3.8) is 0 Å². The minimum atomic E-state index is -0.0645. The van der Waals surface area contributed by atoms with Gasteiger partial charge in [0.05, 0.1) is 17.1 Å². The molecule has 3 rings (SSSR count). The highest BCUT2D eigenvalue weighted by Gasteiger charge is 2.17. The maximum absolute atomic E-state index is 5.74. The first-order chi connectivity index (χ1) is 9.29. The predicted octanol–water partition coefficient (Wildman–Crippen LogP) is 2.55. The lowest BCUT2D eigenvalue weighted by molar-refractivity contribution is 0.641. The Balaban J connectivity index is 2.16. The number of thiophene rings is 1. The van der Waals surface area contributed by atoms with Crippen LogP contribution in [0.15, 0.2) is 42.0 Å². The molecule has 0 aliphatic carbocycles. The van der Waals surface area contributed by atoms with Gasteiger partial charge in [0.15, 0.2) is 0 Å². The number of nitrogens with zero attached hydrogens (tertiary/aromatic N) is 2. The molecule has 1 unspecified atom stereocenters. The third kappa shape index (κ3) is 2.23. The topological polar surface area (TPSA) is 63.8 Å². The van der Waals surface area contributed by atoms with Crippen LogP contribution in [0.2, 0.25) is 0 Å². The molecule has 0 saturated heterocycles. The van der Waals surface area contributed by atoms with E-state index in [0.717, 1.165) is 22.2 Å². The molecule has 0 saturated carbocycles. The molecule has 1 aromatic carbocycles. The molecule has 2 aromatic heterocycles. The van der Waals surface area contributed by atoms with Crippen LogP contribution in [0.4, 0.5) is 0 Å². The molecule has 0 aliphatic heterocycles. The molecule has 5 heteroatoms. The van der Waals surface area contributed by atoms with Crippen LogP contribution in [-0.4, -0.2) is 9.97 Å². The highest BCUT2D eigenvalue weighted by atomic mass is 32.1. The summed E-state index contributed by atoms with van der Waals surface area (Å²) in [5, 5.41) is 2.12. The van der Waals surface area contributed by atoms with Crippen molar-refractivity contribution in [3.8, 4) is 0 Å². The maximum Gasteiger partial charge on any atom is 0.0938 e. The van der Waals surface area contributed by atoms with Gasteiger partial charge in [0.1, 0.15) is 0 Å². The van der Waals surface area contributed by atoms with Gasteiger partial charge in [0, 0.05) is 22.8 Å². The summed E-state index contributed by atoms with van der Waals surface area (Å²) >= 11 is 1.72.